The highest BCUT2D eigenvalue weighted by molar-refractivity contribution is 6.03. The number of aromatic nitrogens is 2. The van der Waals surface area contributed by atoms with Crippen molar-refractivity contribution in [1.29, 1.82) is 5.26 Å². The third-order valence-electron chi connectivity index (χ3n) is 6.34. The van der Waals surface area contributed by atoms with Crippen LogP contribution in [-0.4, -0.2) is 27.9 Å². The molecule has 1 heterocycles. The molecule has 0 spiro atoms. The fourth-order valence-electron chi connectivity index (χ4n) is 4.47. The van der Waals surface area contributed by atoms with Crippen LogP contribution in [-0.2, 0) is 6.18 Å². The molecule has 0 bridgehead atoms. The van der Waals surface area contributed by atoms with Crippen molar-refractivity contribution >= 4 is 22.4 Å². The van der Waals surface area contributed by atoms with E-state index in [2.05, 4.69) is 10.4 Å². The summed E-state index contributed by atoms with van der Waals surface area (Å²) in [4.78, 5) is 13.2. The summed E-state index contributed by atoms with van der Waals surface area (Å²) < 4.78 is 46.9. The Bertz CT molecular complexity index is 1770. The number of amides is 1. The van der Waals surface area contributed by atoms with E-state index in [1.165, 1.54) is 37.4 Å². The summed E-state index contributed by atoms with van der Waals surface area (Å²) in [5.74, 6) is -0.386. The molecule has 0 aliphatic carbocycles. The summed E-state index contributed by atoms with van der Waals surface area (Å²) in [6.07, 6.45) is -5.93. The molecule has 1 aromatic heterocycles. The van der Waals surface area contributed by atoms with Crippen LogP contribution in [0.4, 0.5) is 18.9 Å². The predicted molar refractivity (Wildman–Crippen MR) is 142 cm³/mol. The van der Waals surface area contributed by atoms with Crippen LogP contribution >= 0.6 is 0 Å². The number of aliphatic hydroxyl groups excluding tert-OH is 1. The lowest BCUT2D eigenvalue weighted by Crippen LogP contribution is -2.17. The minimum Gasteiger partial charge on any atom is -0.496 e. The number of ether oxygens (including phenoxy) is 1. The second kappa shape index (κ2) is 10.6. The SMILES string of the molecule is COc1ccc2ccccc2c1C(O)c1cccc(NC(=O)c2cc(C(F)(F)F)nn2-c2cccc(C#N)c2)c1. The maximum absolute atomic E-state index is 13.5. The number of hydrogen-bond donors (Lipinski definition) is 2. The van der Waals surface area contributed by atoms with Gasteiger partial charge in [-0.05, 0) is 52.7 Å². The van der Waals surface area contributed by atoms with Gasteiger partial charge in [0.15, 0.2) is 5.69 Å². The summed E-state index contributed by atoms with van der Waals surface area (Å²) in [5, 5.41) is 28.4. The maximum Gasteiger partial charge on any atom is 0.435 e. The molecule has 200 valence electrons. The number of halogens is 3. The van der Waals surface area contributed by atoms with Gasteiger partial charge in [-0.3, -0.25) is 4.79 Å². The van der Waals surface area contributed by atoms with Gasteiger partial charge < -0.3 is 15.2 Å². The zero-order valence-electron chi connectivity index (χ0n) is 21.0. The highest BCUT2D eigenvalue weighted by Crippen LogP contribution is 2.37. The van der Waals surface area contributed by atoms with Crippen LogP contribution in [0.3, 0.4) is 0 Å². The minimum absolute atomic E-state index is 0.118. The van der Waals surface area contributed by atoms with E-state index in [1.807, 2.05) is 36.4 Å². The third kappa shape index (κ3) is 5.10. The van der Waals surface area contributed by atoms with E-state index in [4.69, 9.17) is 4.74 Å². The molecule has 5 rings (SSSR count). The number of alkyl halides is 3. The summed E-state index contributed by atoms with van der Waals surface area (Å²) in [5.41, 5.74) is -0.123. The molecule has 0 aliphatic rings. The standard InChI is InChI=1S/C30H21F3N4O3/c1-40-25-13-12-19-7-2-3-11-23(19)27(25)28(38)20-8-5-9-21(15-20)35-29(39)24-16-26(30(31,32)33)36-37(24)22-10-4-6-18(14-22)17-34/h2-16,28,38H,1H3,(H,35,39). The first-order valence-corrected chi connectivity index (χ1v) is 12.0. The van der Waals surface area contributed by atoms with Gasteiger partial charge in [-0.1, -0.05) is 48.5 Å². The molecule has 1 unspecified atom stereocenters. The van der Waals surface area contributed by atoms with Gasteiger partial charge in [0.25, 0.3) is 5.91 Å². The van der Waals surface area contributed by atoms with E-state index in [0.29, 0.717) is 22.9 Å². The van der Waals surface area contributed by atoms with Crippen LogP contribution in [0.2, 0.25) is 0 Å². The summed E-state index contributed by atoms with van der Waals surface area (Å²) in [6.45, 7) is 0. The molecule has 10 heteroatoms. The van der Waals surface area contributed by atoms with E-state index in [1.54, 1.807) is 24.3 Å². The molecule has 40 heavy (non-hydrogen) atoms. The Hall–Kier alpha value is -5.14. The Morgan fingerprint density at radius 2 is 1.80 bits per heavy atom. The first kappa shape index (κ1) is 26.5. The fraction of sp³-hybridized carbons (Fsp3) is 0.100. The Balaban J connectivity index is 1.50. The van der Waals surface area contributed by atoms with Crippen LogP contribution in [0.15, 0.2) is 91.0 Å². The Morgan fingerprint density at radius 1 is 1.02 bits per heavy atom. The van der Waals surface area contributed by atoms with E-state index in [0.717, 1.165) is 15.5 Å². The normalized spacial score (nSPS) is 12.1. The second-order valence-corrected chi connectivity index (χ2v) is 8.87. The number of anilines is 1. The Labute approximate surface area is 226 Å². The molecule has 0 saturated heterocycles. The fourth-order valence-corrected chi connectivity index (χ4v) is 4.47. The highest BCUT2D eigenvalue weighted by Gasteiger charge is 2.36. The number of carbonyl (C=O) groups is 1. The number of nitrogens with one attached hydrogen (secondary N) is 1. The number of hydrogen-bond acceptors (Lipinski definition) is 5. The van der Waals surface area contributed by atoms with Crippen molar-refractivity contribution in [1.82, 2.24) is 9.78 Å². The molecule has 2 N–H and O–H groups in total. The summed E-state index contributed by atoms with van der Waals surface area (Å²) in [6, 6.07) is 25.8. The molecule has 7 nitrogen and oxygen atoms in total. The van der Waals surface area contributed by atoms with Gasteiger partial charge in [0.05, 0.1) is 24.4 Å². The molecular weight excluding hydrogens is 521 g/mol. The predicted octanol–water partition coefficient (Wildman–Crippen LogP) is 6.26. The van der Waals surface area contributed by atoms with Gasteiger partial charge >= 0.3 is 6.18 Å². The van der Waals surface area contributed by atoms with Crippen molar-refractivity contribution in [2.24, 2.45) is 0 Å². The van der Waals surface area contributed by atoms with Crippen molar-refractivity contribution < 1.29 is 27.8 Å². The molecule has 4 aromatic carbocycles. The molecule has 1 amide bonds. The van der Waals surface area contributed by atoms with Gasteiger partial charge in [-0.15, -0.1) is 0 Å². The number of nitrogens with zero attached hydrogens (tertiary/aromatic N) is 3. The van der Waals surface area contributed by atoms with Crippen LogP contribution in [0.1, 0.15) is 39.0 Å². The lowest BCUT2D eigenvalue weighted by Gasteiger charge is -2.19. The Morgan fingerprint density at radius 3 is 2.55 bits per heavy atom. The van der Waals surface area contributed by atoms with Crippen molar-refractivity contribution in [3.05, 3.63) is 119 Å². The molecular formula is C30H21F3N4O3. The first-order chi connectivity index (χ1) is 19.2. The van der Waals surface area contributed by atoms with Crippen molar-refractivity contribution in [3.8, 4) is 17.5 Å². The van der Waals surface area contributed by atoms with E-state index >= 15 is 0 Å². The number of nitriles is 1. The van der Waals surface area contributed by atoms with E-state index in [9.17, 15) is 28.3 Å². The third-order valence-corrected chi connectivity index (χ3v) is 6.34. The number of carbonyl (C=O) groups excluding carboxylic acids is 1. The molecule has 0 radical (unpaired) electrons. The van der Waals surface area contributed by atoms with E-state index in [-0.39, 0.29) is 22.6 Å². The van der Waals surface area contributed by atoms with Crippen molar-refractivity contribution in [2.45, 2.75) is 12.3 Å². The smallest absolute Gasteiger partial charge is 0.435 e. The van der Waals surface area contributed by atoms with Crippen molar-refractivity contribution in [2.75, 3.05) is 12.4 Å². The average Bonchev–Trinajstić information content (AvgIpc) is 3.43. The zero-order chi connectivity index (χ0) is 28.4. The van der Waals surface area contributed by atoms with Crippen LogP contribution in [0.25, 0.3) is 16.5 Å². The van der Waals surface area contributed by atoms with Gasteiger partial charge in [-0.25, -0.2) is 4.68 Å². The van der Waals surface area contributed by atoms with E-state index < -0.39 is 23.9 Å². The second-order valence-electron chi connectivity index (χ2n) is 8.87. The molecule has 1 atom stereocenters. The molecule has 5 aromatic rings. The average molecular weight is 543 g/mol. The summed E-state index contributed by atoms with van der Waals surface area (Å²) in [7, 11) is 1.50. The Kier molecular flexibility index (Phi) is 6.98. The zero-order valence-corrected chi connectivity index (χ0v) is 21.0. The number of benzene rings is 4. The minimum atomic E-state index is -4.80. The summed E-state index contributed by atoms with van der Waals surface area (Å²) >= 11 is 0. The van der Waals surface area contributed by atoms with Gasteiger partial charge in [0.1, 0.15) is 17.5 Å². The van der Waals surface area contributed by atoms with Crippen molar-refractivity contribution in [3.63, 3.8) is 0 Å². The number of rotatable bonds is 6. The highest BCUT2D eigenvalue weighted by atomic mass is 19.4. The topological polar surface area (TPSA) is 100 Å². The largest absolute Gasteiger partial charge is 0.496 e. The van der Waals surface area contributed by atoms with Gasteiger partial charge in [0.2, 0.25) is 0 Å². The molecule has 0 fully saturated rings. The van der Waals surface area contributed by atoms with Gasteiger partial charge in [-0.2, -0.15) is 23.5 Å². The molecule has 0 saturated carbocycles. The lowest BCUT2D eigenvalue weighted by molar-refractivity contribution is -0.141. The van der Waals surface area contributed by atoms with Crippen LogP contribution in [0, 0.1) is 11.3 Å². The first-order valence-electron chi connectivity index (χ1n) is 12.0. The number of aliphatic hydroxyl groups is 1. The van der Waals surface area contributed by atoms with Gasteiger partial charge in [0, 0.05) is 17.3 Å². The van der Waals surface area contributed by atoms with Crippen LogP contribution < -0.4 is 10.1 Å². The quantitative estimate of drug-likeness (QED) is 0.264. The lowest BCUT2D eigenvalue weighted by atomic mass is 9.94. The maximum atomic E-state index is 13.5. The van der Waals surface area contributed by atoms with Crippen LogP contribution in [0.5, 0.6) is 5.75 Å². The monoisotopic (exact) mass is 542 g/mol. The number of fused-ring (bicyclic) bond motifs is 1. The molecule has 0 aliphatic heterocycles. The number of methoxy groups -OCH3 is 1.